The smallest absolute Gasteiger partial charge is 0.0210 e. The van der Waals surface area contributed by atoms with Crippen molar-refractivity contribution in [3.05, 3.63) is 35.4 Å². The average molecular weight is 177 g/mol. The van der Waals surface area contributed by atoms with Crippen molar-refractivity contribution in [3.8, 4) is 0 Å². The van der Waals surface area contributed by atoms with Gasteiger partial charge >= 0.3 is 0 Å². The Hall–Kier alpha value is -0.820. The second kappa shape index (κ2) is 5.03. The van der Waals surface area contributed by atoms with E-state index in [4.69, 9.17) is 0 Å². The van der Waals surface area contributed by atoms with Crippen LogP contribution in [-0.2, 0) is 6.54 Å². The van der Waals surface area contributed by atoms with Crippen molar-refractivity contribution in [1.29, 1.82) is 0 Å². The summed E-state index contributed by atoms with van der Waals surface area (Å²) >= 11 is 0. The zero-order chi connectivity index (χ0) is 9.68. The summed E-state index contributed by atoms with van der Waals surface area (Å²) in [4.78, 5) is 0. The molecule has 0 unspecified atom stereocenters. The maximum atomic E-state index is 3.49. The highest BCUT2D eigenvalue weighted by Crippen LogP contribution is 2.06. The molecule has 0 amide bonds. The van der Waals surface area contributed by atoms with Crippen molar-refractivity contribution in [2.24, 2.45) is 0 Å². The second-order valence-corrected chi connectivity index (χ2v) is 3.62. The number of rotatable bonds is 4. The Balaban J connectivity index is 2.50. The molecule has 1 N–H and O–H groups in total. The van der Waals surface area contributed by atoms with Crippen LogP contribution in [0.2, 0.25) is 0 Å². The van der Waals surface area contributed by atoms with Crippen LogP contribution in [0, 0.1) is 6.92 Å². The predicted molar refractivity (Wildman–Crippen MR) is 57.8 cm³/mol. The van der Waals surface area contributed by atoms with Gasteiger partial charge in [-0.3, -0.25) is 0 Å². The van der Waals surface area contributed by atoms with Gasteiger partial charge < -0.3 is 5.32 Å². The molecule has 0 radical (unpaired) electrons. The fraction of sp³-hybridized carbons (Fsp3) is 0.500. The lowest BCUT2D eigenvalue weighted by Gasteiger charge is -2.12. The van der Waals surface area contributed by atoms with Crippen LogP contribution in [-0.4, -0.2) is 6.04 Å². The maximum absolute atomic E-state index is 3.49. The first-order valence-electron chi connectivity index (χ1n) is 5.02. The molecule has 1 atom stereocenters. The van der Waals surface area contributed by atoms with Gasteiger partial charge in [0.15, 0.2) is 0 Å². The van der Waals surface area contributed by atoms with Gasteiger partial charge in [0.2, 0.25) is 0 Å². The molecule has 0 fully saturated rings. The number of hydrogen-bond acceptors (Lipinski definition) is 1. The summed E-state index contributed by atoms with van der Waals surface area (Å²) in [5.41, 5.74) is 2.78. The Morgan fingerprint density at radius 2 is 2.00 bits per heavy atom. The molecule has 0 heterocycles. The molecule has 13 heavy (non-hydrogen) atoms. The number of nitrogens with one attached hydrogen (secondary N) is 1. The third-order valence-corrected chi connectivity index (χ3v) is 2.51. The summed E-state index contributed by atoms with van der Waals surface area (Å²) in [5.74, 6) is 0. The van der Waals surface area contributed by atoms with E-state index in [1.807, 2.05) is 0 Å². The summed E-state index contributed by atoms with van der Waals surface area (Å²) in [6.07, 6.45) is 1.19. The van der Waals surface area contributed by atoms with Gasteiger partial charge in [0.05, 0.1) is 0 Å². The van der Waals surface area contributed by atoms with Crippen LogP contribution in [0.1, 0.15) is 31.4 Å². The van der Waals surface area contributed by atoms with E-state index in [1.54, 1.807) is 0 Å². The molecule has 1 rings (SSSR count). The van der Waals surface area contributed by atoms with Crippen molar-refractivity contribution in [3.63, 3.8) is 0 Å². The quantitative estimate of drug-likeness (QED) is 0.745. The fourth-order valence-electron chi connectivity index (χ4n) is 1.24. The summed E-state index contributed by atoms with van der Waals surface area (Å²) < 4.78 is 0. The molecule has 0 bridgehead atoms. The molecular weight excluding hydrogens is 158 g/mol. The van der Waals surface area contributed by atoms with Crippen LogP contribution in [0.5, 0.6) is 0 Å². The Labute approximate surface area is 81.2 Å². The van der Waals surface area contributed by atoms with Crippen LogP contribution in [0.3, 0.4) is 0 Å². The van der Waals surface area contributed by atoms with E-state index in [1.165, 1.54) is 17.5 Å². The second-order valence-electron chi connectivity index (χ2n) is 3.62. The summed E-state index contributed by atoms with van der Waals surface area (Å²) in [5, 5.41) is 3.49. The Kier molecular flexibility index (Phi) is 3.97. The molecular formula is C12H19N. The average Bonchev–Trinajstić information content (AvgIpc) is 2.16. The largest absolute Gasteiger partial charge is 0.310 e. The summed E-state index contributed by atoms with van der Waals surface area (Å²) in [7, 11) is 0. The van der Waals surface area contributed by atoms with Gasteiger partial charge in [-0.05, 0) is 31.4 Å². The zero-order valence-corrected chi connectivity index (χ0v) is 8.80. The monoisotopic (exact) mass is 177 g/mol. The summed E-state index contributed by atoms with van der Waals surface area (Å²) in [6, 6.07) is 9.14. The van der Waals surface area contributed by atoms with Crippen molar-refractivity contribution >= 4 is 0 Å². The zero-order valence-electron chi connectivity index (χ0n) is 8.80. The SMILES string of the molecule is CC[C@@H](C)NCc1ccccc1C. The van der Waals surface area contributed by atoms with Crippen molar-refractivity contribution in [2.75, 3.05) is 0 Å². The molecule has 1 nitrogen and oxygen atoms in total. The molecule has 0 aliphatic rings. The van der Waals surface area contributed by atoms with Gasteiger partial charge in [0.25, 0.3) is 0 Å². The Morgan fingerprint density at radius 3 is 2.62 bits per heavy atom. The van der Waals surface area contributed by atoms with Gasteiger partial charge in [0.1, 0.15) is 0 Å². The Morgan fingerprint density at radius 1 is 1.31 bits per heavy atom. The minimum absolute atomic E-state index is 0.611. The van der Waals surface area contributed by atoms with E-state index in [-0.39, 0.29) is 0 Å². The maximum Gasteiger partial charge on any atom is 0.0210 e. The van der Waals surface area contributed by atoms with Crippen molar-refractivity contribution < 1.29 is 0 Å². The molecule has 1 aromatic carbocycles. The van der Waals surface area contributed by atoms with Crippen LogP contribution < -0.4 is 5.32 Å². The van der Waals surface area contributed by atoms with E-state index >= 15 is 0 Å². The Bertz CT molecular complexity index is 255. The third kappa shape index (κ3) is 3.19. The van der Waals surface area contributed by atoms with Gasteiger partial charge in [-0.25, -0.2) is 0 Å². The molecule has 0 spiro atoms. The third-order valence-electron chi connectivity index (χ3n) is 2.51. The molecule has 1 aromatic rings. The topological polar surface area (TPSA) is 12.0 Å². The van der Waals surface area contributed by atoms with E-state index in [0.717, 1.165) is 6.54 Å². The van der Waals surface area contributed by atoms with E-state index in [0.29, 0.717) is 6.04 Å². The molecule has 1 heteroatoms. The highest BCUT2D eigenvalue weighted by molar-refractivity contribution is 5.25. The first-order valence-corrected chi connectivity index (χ1v) is 5.02. The van der Waals surface area contributed by atoms with E-state index < -0.39 is 0 Å². The standard InChI is InChI=1S/C12H19N/c1-4-11(3)13-9-12-8-6-5-7-10(12)2/h5-8,11,13H,4,9H2,1-3H3/t11-/m1/s1. The van der Waals surface area contributed by atoms with Gasteiger partial charge in [-0.15, -0.1) is 0 Å². The normalized spacial score (nSPS) is 12.8. The van der Waals surface area contributed by atoms with Crippen molar-refractivity contribution in [2.45, 2.75) is 39.8 Å². The van der Waals surface area contributed by atoms with Crippen LogP contribution in [0.4, 0.5) is 0 Å². The number of hydrogen-bond donors (Lipinski definition) is 1. The molecule has 0 aromatic heterocycles. The molecule has 0 aliphatic carbocycles. The minimum Gasteiger partial charge on any atom is -0.310 e. The highest BCUT2D eigenvalue weighted by atomic mass is 14.9. The fourth-order valence-corrected chi connectivity index (χ4v) is 1.24. The van der Waals surface area contributed by atoms with Gasteiger partial charge in [-0.1, -0.05) is 31.2 Å². The lowest BCUT2D eigenvalue weighted by atomic mass is 10.1. The first-order chi connectivity index (χ1) is 6.24. The lowest BCUT2D eigenvalue weighted by molar-refractivity contribution is 0.533. The van der Waals surface area contributed by atoms with Gasteiger partial charge in [-0.2, -0.15) is 0 Å². The van der Waals surface area contributed by atoms with E-state index in [9.17, 15) is 0 Å². The lowest BCUT2D eigenvalue weighted by Crippen LogP contribution is -2.24. The van der Waals surface area contributed by atoms with Crippen LogP contribution >= 0.6 is 0 Å². The molecule has 0 aliphatic heterocycles. The molecule has 72 valence electrons. The highest BCUT2D eigenvalue weighted by Gasteiger charge is 1.99. The summed E-state index contributed by atoms with van der Waals surface area (Å²) in [6.45, 7) is 7.57. The van der Waals surface area contributed by atoms with Crippen LogP contribution in [0.15, 0.2) is 24.3 Å². The first kappa shape index (κ1) is 10.3. The van der Waals surface area contributed by atoms with Crippen molar-refractivity contribution in [1.82, 2.24) is 5.32 Å². The molecule has 0 saturated heterocycles. The van der Waals surface area contributed by atoms with Gasteiger partial charge in [0, 0.05) is 12.6 Å². The van der Waals surface area contributed by atoms with E-state index in [2.05, 4.69) is 50.4 Å². The number of benzene rings is 1. The molecule has 0 saturated carbocycles. The minimum atomic E-state index is 0.611. The predicted octanol–water partition coefficient (Wildman–Crippen LogP) is 2.88. The number of aryl methyl sites for hydroxylation is 1. The van der Waals surface area contributed by atoms with Crippen LogP contribution in [0.25, 0.3) is 0 Å².